The lowest BCUT2D eigenvalue weighted by atomic mass is 9.72. The van der Waals surface area contributed by atoms with Gasteiger partial charge < -0.3 is 19.7 Å². The molecule has 3 rings (SSSR count). The quantitative estimate of drug-likeness (QED) is 0.321. The summed E-state index contributed by atoms with van der Waals surface area (Å²) in [5.74, 6) is 0.201. The molecule has 5 heteroatoms. The second-order valence-corrected chi connectivity index (χ2v) is 11.7. The standard InChI is InChI=1S/C26H48N2O3/c1-7-9-10-11-12-13-14-15-16-26(8-2)28(17-21-18-30-21)22(29)25(31-26)19-23(3,4)27-24(5,6)20-25/h21,27H,7-20H2,1-6H3. The van der Waals surface area contributed by atoms with Crippen molar-refractivity contribution in [2.24, 2.45) is 0 Å². The van der Waals surface area contributed by atoms with Crippen molar-refractivity contribution in [3.63, 3.8) is 0 Å². The van der Waals surface area contributed by atoms with Gasteiger partial charge in [-0.1, -0.05) is 58.8 Å². The molecule has 1 spiro atoms. The van der Waals surface area contributed by atoms with E-state index in [1.54, 1.807) is 0 Å². The van der Waals surface area contributed by atoms with Crippen molar-refractivity contribution in [2.45, 2.75) is 147 Å². The van der Waals surface area contributed by atoms with Crippen LogP contribution in [0.3, 0.4) is 0 Å². The summed E-state index contributed by atoms with van der Waals surface area (Å²) in [6.45, 7) is 14.7. The van der Waals surface area contributed by atoms with Gasteiger partial charge in [-0.15, -0.1) is 0 Å². The van der Waals surface area contributed by atoms with E-state index in [0.717, 1.165) is 38.7 Å². The lowest BCUT2D eigenvalue weighted by Gasteiger charge is -2.50. The summed E-state index contributed by atoms with van der Waals surface area (Å²) in [5.41, 5.74) is -1.47. The molecule has 0 aliphatic carbocycles. The highest BCUT2D eigenvalue weighted by atomic mass is 16.6. The number of unbranched alkanes of at least 4 members (excludes halogenated alkanes) is 7. The number of nitrogens with zero attached hydrogens (tertiary/aromatic N) is 1. The van der Waals surface area contributed by atoms with Gasteiger partial charge in [-0.3, -0.25) is 4.79 Å². The van der Waals surface area contributed by atoms with Crippen molar-refractivity contribution in [3.05, 3.63) is 0 Å². The zero-order valence-corrected chi connectivity index (χ0v) is 21.1. The van der Waals surface area contributed by atoms with E-state index >= 15 is 0 Å². The first kappa shape index (κ1) is 25.0. The highest BCUT2D eigenvalue weighted by molar-refractivity contribution is 5.88. The van der Waals surface area contributed by atoms with Crippen LogP contribution in [0.2, 0.25) is 0 Å². The predicted molar refractivity (Wildman–Crippen MR) is 126 cm³/mol. The number of rotatable bonds is 12. The first-order chi connectivity index (χ1) is 14.6. The fourth-order valence-corrected chi connectivity index (χ4v) is 6.40. The molecule has 0 saturated carbocycles. The smallest absolute Gasteiger partial charge is 0.257 e. The van der Waals surface area contributed by atoms with E-state index in [0.29, 0.717) is 6.54 Å². The highest BCUT2D eigenvalue weighted by Crippen LogP contribution is 2.50. The third-order valence-electron chi connectivity index (χ3n) is 7.41. The minimum atomic E-state index is -0.719. The van der Waals surface area contributed by atoms with E-state index in [9.17, 15) is 4.79 Å². The van der Waals surface area contributed by atoms with Crippen LogP contribution >= 0.6 is 0 Å². The van der Waals surface area contributed by atoms with Crippen LogP contribution in [0.15, 0.2) is 0 Å². The van der Waals surface area contributed by atoms with Crippen LogP contribution in [0.1, 0.15) is 119 Å². The van der Waals surface area contributed by atoms with Crippen molar-refractivity contribution in [3.8, 4) is 0 Å². The van der Waals surface area contributed by atoms with Gasteiger partial charge in [-0.25, -0.2) is 0 Å². The molecule has 3 aliphatic rings. The Morgan fingerprint density at radius 1 is 0.935 bits per heavy atom. The average Bonchev–Trinajstić information content (AvgIpc) is 3.45. The summed E-state index contributed by atoms with van der Waals surface area (Å²) < 4.78 is 12.5. The summed E-state index contributed by atoms with van der Waals surface area (Å²) in [6, 6.07) is 0. The molecular weight excluding hydrogens is 388 g/mol. The molecule has 2 unspecified atom stereocenters. The Labute approximate surface area is 191 Å². The Balaban J connectivity index is 1.69. The Hall–Kier alpha value is -0.650. The first-order valence-electron chi connectivity index (χ1n) is 13.0. The van der Waals surface area contributed by atoms with Crippen LogP contribution in [-0.4, -0.2) is 52.5 Å². The maximum atomic E-state index is 13.9. The molecule has 0 radical (unpaired) electrons. The average molecular weight is 437 g/mol. The van der Waals surface area contributed by atoms with Crippen LogP contribution < -0.4 is 5.32 Å². The van der Waals surface area contributed by atoms with Gasteiger partial charge in [-0.2, -0.15) is 0 Å². The number of epoxide rings is 1. The molecule has 1 amide bonds. The number of piperidine rings is 1. The second kappa shape index (κ2) is 9.69. The van der Waals surface area contributed by atoms with E-state index in [1.165, 1.54) is 44.9 Å². The van der Waals surface area contributed by atoms with E-state index in [4.69, 9.17) is 9.47 Å². The molecule has 2 atom stereocenters. The van der Waals surface area contributed by atoms with E-state index < -0.39 is 11.3 Å². The molecule has 0 aromatic carbocycles. The van der Waals surface area contributed by atoms with Crippen molar-refractivity contribution in [1.82, 2.24) is 10.2 Å². The Morgan fingerprint density at radius 3 is 2.00 bits per heavy atom. The van der Waals surface area contributed by atoms with Gasteiger partial charge >= 0.3 is 0 Å². The summed E-state index contributed by atoms with van der Waals surface area (Å²) in [4.78, 5) is 16.0. The minimum absolute atomic E-state index is 0.137. The largest absolute Gasteiger partial charge is 0.371 e. The molecule has 1 N–H and O–H groups in total. The normalized spacial score (nSPS) is 30.8. The Bertz CT molecular complexity index is 598. The third kappa shape index (κ3) is 6.03. The molecule has 5 nitrogen and oxygen atoms in total. The number of carbonyl (C=O) groups excluding carboxylic acids is 1. The zero-order chi connectivity index (χ0) is 22.8. The van der Waals surface area contributed by atoms with Crippen LogP contribution in [0.25, 0.3) is 0 Å². The molecular formula is C26H48N2O3. The van der Waals surface area contributed by atoms with Crippen LogP contribution in [0, 0.1) is 0 Å². The molecule has 3 aliphatic heterocycles. The van der Waals surface area contributed by atoms with Crippen molar-refractivity contribution in [2.75, 3.05) is 13.2 Å². The van der Waals surface area contributed by atoms with Gasteiger partial charge in [0.15, 0.2) is 5.60 Å². The molecule has 3 saturated heterocycles. The van der Waals surface area contributed by atoms with Gasteiger partial charge in [-0.05, 0) is 47.0 Å². The number of amides is 1. The lowest BCUT2D eigenvalue weighted by Crippen LogP contribution is -2.65. The van der Waals surface area contributed by atoms with E-state index in [2.05, 4.69) is 51.8 Å². The van der Waals surface area contributed by atoms with Crippen LogP contribution in [0.4, 0.5) is 0 Å². The predicted octanol–water partition coefficient (Wildman–Crippen LogP) is 5.56. The summed E-state index contributed by atoms with van der Waals surface area (Å²) >= 11 is 0. The van der Waals surface area contributed by atoms with Crippen LogP contribution in [-0.2, 0) is 14.3 Å². The van der Waals surface area contributed by atoms with Crippen molar-refractivity contribution >= 4 is 5.91 Å². The third-order valence-corrected chi connectivity index (χ3v) is 7.41. The van der Waals surface area contributed by atoms with Gasteiger partial charge in [0.25, 0.3) is 5.91 Å². The maximum absolute atomic E-state index is 13.9. The maximum Gasteiger partial charge on any atom is 0.257 e. The summed E-state index contributed by atoms with van der Waals surface area (Å²) in [6.07, 6.45) is 13.8. The number of carbonyl (C=O) groups is 1. The Kier molecular flexibility index (Phi) is 7.81. The molecule has 3 heterocycles. The molecule has 180 valence electrons. The van der Waals surface area contributed by atoms with Gasteiger partial charge in [0.2, 0.25) is 0 Å². The highest BCUT2D eigenvalue weighted by Gasteiger charge is 2.64. The fourth-order valence-electron chi connectivity index (χ4n) is 6.40. The number of hydrogen-bond donors (Lipinski definition) is 1. The molecule has 0 aromatic heterocycles. The topological polar surface area (TPSA) is 54.1 Å². The number of hydrogen-bond acceptors (Lipinski definition) is 4. The molecule has 31 heavy (non-hydrogen) atoms. The summed E-state index contributed by atoms with van der Waals surface area (Å²) in [5, 5.41) is 3.72. The van der Waals surface area contributed by atoms with Gasteiger partial charge in [0.05, 0.1) is 19.3 Å². The molecule has 3 fully saturated rings. The SMILES string of the molecule is CCCCCCCCCCC1(CC)OC2(CC(C)(C)NC(C)(C)C2)C(=O)N1CC1CO1. The second-order valence-electron chi connectivity index (χ2n) is 11.7. The lowest BCUT2D eigenvalue weighted by molar-refractivity contribution is -0.174. The van der Waals surface area contributed by atoms with Crippen LogP contribution in [0.5, 0.6) is 0 Å². The molecule has 0 aromatic rings. The number of ether oxygens (including phenoxy) is 2. The first-order valence-corrected chi connectivity index (χ1v) is 13.0. The Morgan fingerprint density at radius 2 is 1.48 bits per heavy atom. The summed E-state index contributed by atoms with van der Waals surface area (Å²) in [7, 11) is 0. The van der Waals surface area contributed by atoms with E-state index in [-0.39, 0.29) is 23.1 Å². The van der Waals surface area contributed by atoms with Crippen molar-refractivity contribution < 1.29 is 14.3 Å². The number of nitrogens with one attached hydrogen (secondary N) is 1. The minimum Gasteiger partial charge on any atom is -0.371 e. The van der Waals surface area contributed by atoms with Crippen molar-refractivity contribution in [1.29, 1.82) is 0 Å². The van der Waals surface area contributed by atoms with Gasteiger partial charge in [0, 0.05) is 23.9 Å². The molecule has 0 bridgehead atoms. The van der Waals surface area contributed by atoms with Gasteiger partial charge in [0.1, 0.15) is 5.72 Å². The fraction of sp³-hybridized carbons (Fsp3) is 0.962. The monoisotopic (exact) mass is 436 g/mol. The van der Waals surface area contributed by atoms with E-state index in [1.807, 2.05) is 0 Å². The zero-order valence-electron chi connectivity index (χ0n) is 21.1.